The molecule has 1 aromatic heterocycles. The van der Waals surface area contributed by atoms with Crippen molar-refractivity contribution in [3.63, 3.8) is 0 Å². The molecular weight excluding hydrogens is 283 g/mol. The Morgan fingerprint density at radius 3 is 2.55 bits per heavy atom. The highest BCUT2D eigenvalue weighted by molar-refractivity contribution is 5.97. The van der Waals surface area contributed by atoms with E-state index in [1.165, 1.54) is 11.0 Å². The molecular formula is C17H19FN2O2. The number of amides is 1. The lowest BCUT2D eigenvalue weighted by molar-refractivity contribution is 0.0826. The number of carbonyl (C=O) groups is 1. The molecule has 1 heterocycles. The Morgan fingerprint density at radius 2 is 2.00 bits per heavy atom. The molecule has 3 rings (SSSR count). The van der Waals surface area contributed by atoms with Crippen LogP contribution in [0.5, 0.6) is 0 Å². The summed E-state index contributed by atoms with van der Waals surface area (Å²) in [4.78, 5) is 28.0. The lowest BCUT2D eigenvalue weighted by atomic mass is 9.66. The third-order valence-corrected chi connectivity index (χ3v) is 4.70. The molecule has 1 aliphatic rings. The molecule has 1 aliphatic carbocycles. The second-order valence-corrected chi connectivity index (χ2v) is 6.52. The second kappa shape index (κ2) is 4.93. The fourth-order valence-electron chi connectivity index (χ4n) is 3.08. The van der Waals surface area contributed by atoms with Gasteiger partial charge in [-0.2, -0.15) is 0 Å². The van der Waals surface area contributed by atoms with Gasteiger partial charge in [0.2, 0.25) is 0 Å². The molecule has 0 spiro atoms. The van der Waals surface area contributed by atoms with Crippen LogP contribution in [-0.2, 0) is 5.41 Å². The lowest BCUT2D eigenvalue weighted by Crippen LogP contribution is -2.32. The largest absolute Gasteiger partial charge is 0.345 e. The van der Waals surface area contributed by atoms with Gasteiger partial charge >= 0.3 is 0 Å². The molecule has 116 valence electrons. The maximum absolute atomic E-state index is 14.8. The van der Waals surface area contributed by atoms with Gasteiger partial charge in [0.05, 0.1) is 5.52 Å². The Morgan fingerprint density at radius 1 is 1.32 bits per heavy atom. The third kappa shape index (κ3) is 2.12. The summed E-state index contributed by atoms with van der Waals surface area (Å²) in [7, 11) is 3.15. The molecule has 1 amide bonds. The summed E-state index contributed by atoms with van der Waals surface area (Å²) in [5, 5.41) is 0.536. The average molecular weight is 302 g/mol. The number of aromatic amines is 1. The van der Waals surface area contributed by atoms with E-state index in [9.17, 15) is 14.0 Å². The van der Waals surface area contributed by atoms with Gasteiger partial charge in [0.25, 0.3) is 11.5 Å². The molecule has 0 atom stereocenters. The standard InChI is InChI=1S/C17H19FN2O2/c1-17(7-4-8-17)12-6-5-10-9-11(16(22)20(2)3)15(21)19-14(10)13(12)18/h5-6,9H,4,7-8H2,1-3H3,(H,19,21). The molecule has 0 saturated heterocycles. The van der Waals surface area contributed by atoms with E-state index in [0.717, 1.165) is 19.3 Å². The second-order valence-electron chi connectivity index (χ2n) is 6.52. The Labute approximate surface area is 127 Å². The van der Waals surface area contributed by atoms with Gasteiger partial charge < -0.3 is 9.88 Å². The maximum Gasteiger partial charge on any atom is 0.261 e. The van der Waals surface area contributed by atoms with Crippen LogP contribution in [-0.4, -0.2) is 29.9 Å². The number of fused-ring (bicyclic) bond motifs is 1. The highest BCUT2D eigenvalue weighted by Crippen LogP contribution is 2.44. The van der Waals surface area contributed by atoms with Crippen LogP contribution >= 0.6 is 0 Å². The summed E-state index contributed by atoms with van der Waals surface area (Å²) >= 11 is 0. The van der Waals surface area contributed by atoms with Crippen molar-refractivity contribution in [1.82, 2.24) is 9.88 Å². The van der Waals surface area contributed by atoms with Crippen LogP contribution in [0.3, 0.4) is 0 Å². The van der Waals surface area contributed by atoms with Crippen LogP contribution in [0.2, 0.25) is 0 Å². The Kier molecular flexibility index (Phi) is 3.31. The molecule has 0 aliphatic heterocycles. The first kappa shape index (κ1) is 14.8. The van der Waals surface area contributed by atoms with Gasteiger partial charge in [-0.1, -0.05) is 25.5 Å². The first-order valence-electron chi connectivity index (χ1n) is 7.41. The first-order valence-corrected chi connectivity index (χ1v) is 7.41. The Balaban J connectivity index is 2.19. The minimum atomic E-state index is -0.555. The molecule has 0 radical (unpaired) electrons. The van der Waals surface area contributed by atoms with Crippen molar-refractivity contribution in [3.05, 3.63) is 45.5 Å². The number of halogens is 1. The minimum Gasteiger partial charge on any atom is -0.345 e. The monoisotopic (exact) mass is 302 g/mol. The number of hydrogen-bond acceptors (Lipinski definition) is 2. The van der Waals surface area contributed by atoms with Gasteiger partial charge in [0.15, 0.2) is 5.82 Å². The van der Waals surface area contributed by atoms with Gasteiger partial charge in [-0.15, -0.1) is 0 Å². The minimum absolute atomic E-state index is 0.0273. The molecule has 1 N–H and O–H groups in total. The van der Waals surface area contributed by atoms with Crippen molar-refractivity contribution >= 4 is 16.8 Å². The number of carbonyl (C=O) groups excluding carboxylic acids is 1. The highest BCUT2D eigenvalue weighted by atomic mass is 19.1. The van der Waals surface area contributed by atoms with E-state index in [-0.39, 0.29) is 22.3 Å². The average Bonchev–Trinajstić information content (AvgIpc) is 2.44. The molecule has 22 heavy (non-hydrogen) atoms. The predicted octanol–water partition coefficient (Wildman–Crippen LogP) is 2.81. The quantitative estimate of drug-likeness (QED) is 0.927. The third-order valence-electron chi connectivity index (χ3n) is 4.70. The first-order chi connectivity index (χ1) is 10.3. The topological polar surface area (TPSA) is 53.2 Å². The number of nitrogens with one attached hydrogen (secondary N) is 1. The van der Waals surface area contributed by atoms with Crippen LogP contribution in [0.1, 0.15) is 42.1 Å². The van der Waals surface area contributed by atoms with Crippen LogP contribution in [0.4, 0.5) is 4.39 Å². The SMILES string of the molecule is CN(C)C(=O)c1cc2ccc(C3(C)CCC3)c(F)c2[nH]c1=O. The molecule has 2 aromatic rings. The predicted molar refractivity (Wildman–Crippen MR) is 83.7 cm³/mol. The van der Waals surface area contributed by atoms with Gasteiger partial charge in [-0.25, -0.2) is 4.39 Å². The smallest absolute Gasteiger partial charge is 0.261 e. The molecule has 4 nitrogen and oxygen atoms in total. The van der Waals surface area contributed by atoms with Crippen molar-refractivity contribution in [2.45, 2.75) is 31.6 Å². The maximum atomic E-state index is 14.8. The molecule has 1 fully saturated rings. The van der Waals surface area contributed by atoms with Crippen molar-refractivity contribution in [2.75, 3.05) is 14.1 Å². The fraction of sp³-hybridized carbons (Fsp3) is 0.412. The van der Waals surface area contributed by atoms with Crippen LogP contribution < -0.4 is 5.56 Å². The molecule has 1 aromatic carbocycles. The number of pyridine rings is 1. The number of nitrogens with zero attached hydrogens (tertiary/aromatic N) is 1. The zero-order valence-electron chi connectivity index (χ0n) is 13.0. The van der Waals surface area contributed by atoms with E-state index in [2.05, 4.69) is 4.98 Å². The van der Waals surface area contributed by atoms with Crippen molar-refractivity contribution < 1.29 is 9.18 Å². The number of benzene rings is 1. The highest BCUT2D eigenvalue weighted by Gasteiger charge is 2.36. The van der Waals surface area contributed by atoms with E-state index >= 15 is 0 Å². The molecule has 0 bridgehead atoms. The summed E-state index contributed by atoms with van der Waals surface area (Å²) in [5.74, 6) is -0.765. The normalized spacial score (nSPS) is 16.4. The summed E-state index contributed by atoms with van der Waals surface area (Å²) in [6, 6.07) is 5.02. The van der Waals surface area contributed by atoms with Crippen molar-refractivity contribution in [1.29, 1.82) is 0 Å². The fourth-order valence-corrected chi connectivity index (χ4v) is 3.08. The van der Waals surface area contributed by atoms with E-state index < -0.39 is 11.5 Å². The summed E-state index contributed by atoms with van der Waals surface area (Å²) in [6.07, 6.45) is 3.01. The molecule has 1 saturated carbocycles. The number of H-pyrrole nitrogens is 1. The molecule has 5 heteroatoms. The van der Waals surface area contributed by atoms with Gasteiger partial charge in [-0.05, 0) is 29.9 Å². The Bertz CT molecular complexity index is 819. The van der Waals surface area contributed by atoms with Crippen LogP contribution in [0, 0.1) is 5.82 Å². The van der Waals surface area contributed by atoms with Gasteiger partial charge in [0, 0.05) is 19.5 Å². The van der Waals surface area contributed by atoms with E-state index in [1.54, 1.807) is 26.2 Å². The zero-order chi connectivity index (χ0) is 16.1. The van der Waals surface area contributed by atoms with Crippen LogP contribution in [0.25, 0.3) is 10.9 Å². The Hall–Kier alpha value is -2.17. The molecule has 0 unspecified atom stereocenters. The number of hydrogen-bond donors (Lipinski definition) is 1. The zero-order valence-corrected chi connectivity index (χ0v) is 13.0. The van der Waals surface area contributed by atoms with Crippen LogP contribution in [0.15, 0.2) is 23.0 Å². The van der Waals surface area contributed by atoms with Gasteiger partial charge in [0.1, 0.15) is 5.56 Å². The lowest BCUT2D eigenvalue weighted by Gasteiger charge is -2.39. The van der Waals surface area contributed by atoms with Crippen molar-refractivity contribution in [3.8, 4) is 0 Å². The summed E-state index contributed by atoms with van der Waals surface area (Å²) in [6.45, 7) is 2.04. The van der Waals surface area contributed by atoms with E-state index in [4.69, 9.17) is 0 Å². The van der Waals surface area contributed by atoms with Gasteiger partial charge in [-0.3, -0.25) is 9.59 Å². The number of aromatic nitrogens is 1. The number of rotatable bonds is 2. The summed E-state index contributed by atoms with van der Waals surface area (Å²) in [5.41, 5.74) is 0.160. The van der Waals surface area contributed by atoms with E-state index in [0.29, 0.717) is 10.9 Å². The summed E-state index contributed by atoms with van der Waals surface area (Å²) < 4.78 is 14.8. The van der Waals surface area contributed by atoms with Crippen molar-refractivity contribution in [2.24, 2.45) is 0 Å². The van der Waals surface area contributed by atoms with E-state index in [1.807, 2.05) is 6.92 Å².